The number of carbonyl (C=O) groups excluding carboxylic acids is 2. The Morgan fingerprint density at radius 3 is 2.03 bits per heavy atom. The second-order valence-electron chi connectivity index (χ2n) is 7.41. The fraction of sp³-hybridized carbons (Fsp3) is 0.0769. The zero-order valence-electron chi connectivity index (χ0n) is 16.6. The summed E-state index contributed by atoms with van der Waals surface area (Å²) in [5, 5.41) is 0. The van der Waals surface area contributed by atoms with Gasteiger partial charge in [-0.2, -0.15) is 0 Å². The molecular weight excluding hydrogens is 372 g/mol. The molecule has 146 valence electrons. The standard InChI is InChI=1S/C26H20N2O2/c1-18(29)21-16-24(25(30)20-12-6-3-7-13-20)28-23-15-9-8-14-22(23)27(26(21)28)17-19-10-4-2-5-11-19/h2-16H,17H2,1H3. The molecule has 0 spiro atoms. The van der Waals surface area contributed by atoms with Crippen molar-refractivity contribution in [1.29, 1.82) is 0 Å². The summed E-state index contributed by atoms with van der Waals surface area (Å²) >= 11 is 0. The number of hydrogen-bond acceptors (Lipinski definition) is 2. The maximum absolute atomic E-state index is 13.4. The molecule has 0 N–H and O–H groups in total. The highest BCUT2D eigenvalue weighted by atomic mass is 16.1. The van der Waals surface area contributed by atoms with Gasteiger partial charge in [-0.15, -0.1) is 0 Å². The summed E-state index contributed by atoms with van der Waals surface area (Å²) in [4.78, 5) is 25.9. The molecule has 0 aliphatic heterocycles. The van der Waals surface area contributed by atoms with E-state index in [9.17, 15) is 9.59 Å². The molecule has 0 bridgehead atoms. The van der Waals surface area contributed by atoms with Gasteiger partial charge in [0.1, 0.15) is 5.65 Å². The first-order valence-electron chi connectivity index (χ1n) is 9.92. The first-order valence-corrected chi connectivity index (χ1v) is 9.92. The number of ketones is 2. The number of nitrogens with zero attached hydrogens (tertiary/aromatic N) is 2. The fourth-order valence-corrected chi connectivity index (χ4v) is 4.10. The van der Waals surface area contributed by atoms with E-state index in [-0.39, 0.29) is 11.6 Å². The van der Waals surface area contributed by atoms with Gasteiger partial charge < -0.3 is 4.57 Å². The zero-order chi connectivity index (χ0) is 20.7. The van der Waals surface area contributed by atoms with Gasteiger partial charge in [-0.3, -0.25) is 14.0 Å². The van der Waals surface area contributed by atoms with Crippen molar-refractivity contribution in [3.05, 3.63) is 113 Å². The third-order valence-corrected chi connectivity index (χ3v) is 5.48. The number of aromatic nitrogens is 2. The van der Waals surface area contributed by atoms with E-state index < -0.39 is 0 Å². The Balaban J connectivity index is 1.83. The summed E-state index contributed by atoms with van der Waals surface area (Å²) in [5.41, 5.74) is 5.45. The molecule has 30 heavy (non-hydrogen) atoms. The van der Waals surface area contributed by atoms with Gasteiger partial charge in [-0.1, -0.05) is 72.8 Å². The number of para-hydroxylation sites is 2. The van der Waals surface area contributed by atoms with Crippen LogP contribution in [0.1, 0.15) is 38.9 Å². The van der Waals surface area contributed by atoms with E-state index in [1.54, 1.807) is 25.1 Å². The Hall–Kier alpha value is -3.92. The third-order valence-electron chi connectivity index (χ3n) is 5.48. The molecule has 0 fully saturated rings. The zero-order valence-corrected chi connectivity index (χ0v) is 16.6. The Kier molecular flexibility index (Phi) is 4.32. The molecule has 0 amide bonds. The number of imidazole rings is 1. The van der Waals surface area contributed by atoms with E-state index in [1.807, 2.05) is 65.1 Å². The number of rotatable bonds is 5. The quantitative estimate of drug-likeness (QED) is 0.377. The van der Waals surface area contributed by atoms with E-state index in [0.29, 0.717) is 23.4 Å². The smallest absolute Gasteiger partial charge is 0.209 e. The van der Waals surface area contributed by atoms with Gasteiger partial charge in [0.2, 0.25) is 5.78 Å². The average molecular weight is 392 g/mol. The summed E-state index contributed by atoms with van der Waals surface area (Å²) in [6.07, 6.45) is 0. The van der Waals surface area contributed by atoms with Crippen molar-refractivity contribution in [2.24, 2.45) is 0 Å². The van der Waals surface area contributed by atoms with E-state index in [4.69, 9.17) is 0 Å². The molecule has 2 heterocycles. The number of hydrogen-bond donors (Lipinski definition) is 0. The number of benzene rings is 3. The molecule has 4 heteroatoms. The van der Waals surface area contributed by atoms with Gasteiger partial charge in [-0.05, 0) is 30.7 Å². The minimum atomic E-state index is -0.0966. The SMILES string of the molecule is CC(=O)c1cc(C(=O)c2ccccc2)n2c3ccccc3n(Cc3ccccc3)c12. The Labute approximate surface area is 174 Å². The molecule has 0 aliphatic carbocycles. The van der Waals surface area contributed by atoms with Crippen molar-refractivity contribution < 1.29 is 9.59 Å². The normalized spacial score (nSPS) is 11.2. The van der Waals surface area contributed by atoms with Crippen LogP contribution in [0, 0.1) is 0 Å². The van der Waals surface area contributed by atoms with Crippen LogP contribution >= 0.6 is 0 Å². The van der Waals surface area contributed by atoms with Crippen molar-refractivity contribution in [1.82, 2.24) is 8.97 Å². The molecule has 3 aromatic carbocycles. The second-order valence-corrected chi connectivity index (χ2v) is 7.41. The summed E-state index contributed by atoms with van der Waals surface area (Å²) in [6, 6.07) is 29.0. The molecule has 0 aliphatic rings. The van der Waals surface area contributed by atoms with Gasteiger partial charge in [0, 0.05) is 12.1 Å². The van der Waals surface area contributed by atoms with E-state index in [2.05, 4.69) is 16.7 Å². The van der Waals surface area contributed by atoms with Crippen molar-refractivity contribution in [3.8, 4) is 0 Å². The van der Waals surface area contributed by atoms with Gasteiger partial charge in [0.15, 0.2) is 5.78 Å². The molecule has 2 aromatic heterocycles. The van der Waals surface area contributed by atoms with E-state index >= 15 is 0 Å². The Morgan fingerprint density at radius 1 is 0.767 bits per heavy atom. The van der Waals surface area contributed by atoms with Crippen LogP contribution in [0.5, 0.6) is 0 Å². The minimum absolute atomic E-state index is 0.0586. The largest absolute Gasteiger partial charge is 0.321 e. The van der Waals surface area contributed by atoms with Crippen LogP contribution in [-0.4, -0.2) is 20.5 Å². The van der Waals surface area contributed by atoms with E-state index in [0.717, 1.165) is 22.2 Å². The maximum Gasteiger partial charge on any atom is 0.209 e. The summed E-state index contributed by atoms with van der Waals surface area (Å²) in [7, 11) is 0. The molecular formula is C26H20N2O2. The molecule has 4 nitrogen and oxygen atoms in total. The molecule has 0 atom stereocenters. The predicted molar refractivity (Wildman–Crippen MR) is 118 cm³/mol. The van der Waals surface area contributed by atoms with Crippen molar-refractivity contribution in [2.75, 3.05) is 0 Å². The van der Waals surface area contributed by atoms with Crippen molar-refractivity contribution in [2.45, 2.75) is 13.5 Å². The van der Waals surface area contributed by atoms with Crippen LogP contribution in [-0.2, 0) is 6.54 Å². The van der Waals surface area contributed by atoms with Crippen LogP contribution in [0.3, 0.4) is 0 Å². The highest BCUT2D eigenvalue weighted by molar-refractivity contribution is 6.13. The molecule has 0 unspecified atom stereocenters. The van der Waals surface area contributed by atoms with E-state index in [1.165, 1.54) is 0 Å². The summed E-state index contributed by atoms with van der Waals surface area (Å²) < 4.78 is 4.06. The molecule has 0 saturated carbocycles. The molecule has 0 saturated heterocycles. The van der Waals surface area contributed by atoms with Gasteiger partial charge in [0.05, 0.1) is 22.3 Å². The Morgan fingerprint density at radius 2 is 1.37 bits per heavy atom. The number of carbonyl (C=O) groups is 2. The van der Waals surface area contributed by atoms with Gasteiger partial charge in [0.25, 0.3) is 0 Å². The lowest BCUT2D eigenvalue weighted by atomic mass is 10.1. The predicted octanol–water partition coefficient (Wildman–Crippen LogP) is 5.38. The lowest BCUT2D eigenvalue weighted by molar-refractivity contribution is 0.101. The lowest BCUT2D eigenvalue weighted by Gasteiger charge is -2.07. The monoisotopic (exact) mass is 392 g/mol. The first-order chi connectivity index (χ1) is 14.6. The first kappa shape index (κ1) is 18.1. The van der Waals surface area contributed by atoms with Gasteiger partial charge in [-0.25, -0.2) is 0 Å². The Bertz CT molecular complexity index is 1390. The number of fused-ring (bicyclic) bond motifs is 3. The van der Waals surface area contributed by atoms with Crippen LogP contribution in [0.4, 0.5) is 0 Å². The molecule has 5 rings (SSSR count). The summed E-state index contributed by atoms with van der Waals surface area (Å²) in [6.45, 7) is 2.16. The van der Waals surface area contributed by atoms with Crippen molar-refractivity contribution >= 4 is 28.2 Å². The van der Waals surface area contributed by atoms with Crippen LogP contribution < -0.4 is 0 Å². The maximum atomic E-state index is 13.4. The topological polar surface area (TPSA) is 43.5 Å². The van der Waals surface area contributed by atoms with Gasteiger partial charge >= 0.3 is 0 Å². The van der Waals surface area contributed by atoms with Crippen LogP contribution in [0.25, 0.3) is 16.7 Å². The van der Waals surface area contributed by atoms with Crippen LogP contribution in [0.15, 0.2) is 91.0 Å². The second kappa shape index (κ2) is 7.16. The molecule has 5 aromatic rings. The highest BCUT2D eigenvalue weighted by Crippen LogP contribution is 2.30. The summed E-state index contributed by atoms with van der Waals surface area (Å²) in [5.74, 6) is -0.155. The minimum Gasteiger partial charge on any atom is -0.321 e. The van der Waals surface area contributed by atoms with Crippen LogP contribution in [0.2, 0.25) is 0 Å². The fourth-order valence-electron chi connectivity index (χ4n) is 4.10. The van der Waals surface area contributed by atoms with Crippen molar-refractivity contribution in [3.63, 3.8) is 0 Å². The highest BCUT2D eigenvalue weighted by Gasteiger charge is 2.24. The average Bonchev–Trinajstić information content (AvgIpc) is 3.32. The molecule has 0 radical (unpaired) electrons. The third kappa shape index (κ3) is 2.85. The lowest BCUT2D eigenvalue weighted by Crippen LogP contribution is -2.04. The number of Topliss-reactive ketones (excluding diaryl/α,β-unsaturated/α-hetero) is 1.